The molecule has 1 heterocycles. The third-order valence-corrected chi connectivity index (χ3v) is 7.09. The van der Waals surface area contributed by atoms with Crippen molar-refractivity contribution in [1.82, 2.24) is 4.90 Å². The highest BCUT2D eigenvalue weighted by Crippen LogP contribution is 2.30. The fourth-order valence-corrected chi connectivity index (χ4v) is 4.69. The van der Waals surface area contributed by atoms with E-state index >= 15 is 4.39 Å². The summed E-state index contributed by atoms with van der Waals surface area (Å²) in [7, 11) is 0. The van der Waals surface area contributed by atoms with Gasteiger partial charge in [0.1, 0.15) is 11.7 Å². The second-order valence-corrected chi connectivity index (χ2v) is 9.76. The quantitative estimate of drug-likeness (QED) is 0.127. The molecule has 0 aromatic heterocycles. The molecule has 1 fully saturated rings. The number of aryl methyl sites for hydroxylation is 1. The Morgan fingerprint density at radius 1 is 1.11 bits per heavy atom. The summed E-state index contributed by atoms with van der Waals surface area (Å²) in [5.74, 6) is 0.841. The first-order chi connectivity index (χ1) is 17.5. The van der Waals surface area contributed by atoms with Gasteiger partial charge in [-0.2, -0.15) is 0 Å². The summed E-state index contributed by atoms with van der Waals surface area (Å²) in [6.07, 6.45) is 9.40. The summed E-state index contributed by atoms with van der Waals surface area (Å²) in [4.78, 5) is 7.67. The fourth-order valence-electron chi connectivity index (χ4n) is 4.69. The number of benzene rings is 2. The van der Waals surface area contributed by atoms with Crippen molar-refractivity contribution < 1.29 is 4.39 Å². The van der Waals surface area contributed by atoms with Gasteiger partial charge in [0.2, 0.25) is 0 Å². The lowest BCUT2D eigenvalue weighted by atomic mass is 9.98. The van der Waals surface area contributed by atoms with Crippen LogP contribution in [0.1, 0.15) is 74.6 Å². The summed E-state index contributed by atoms with van der Waals surface area (Å²) in [5, 5.41) is 0. The standard InChI is InChI=1S/C31H43FN4/c1-4-6-7-8-9-30(36-20-17-28(34)18-21-36)35-31(23(3)25-12-10-24(5-2)11-13-25)27-15-14-26(16-19-33)29(32)22-27/h4,10-15,22,28H,1,5-9,16-21,33-34H2,2-3H3/b31-23+,35-30+. The monoisotopic (exact) mass is 490 g/mol. The van der Waals surface area contributed by atoms with E-state index in [0.29, 0.717) is 18.5 Å². The van der Waals surface area contributed by atoms with Crippen molar-refractivity contribution >= 4 is 17.1 Å². The molecule has 4 nitrogen and oxygen atoms in total. The summed E-state index contributed by atoms with van der Waals surface area (Å²) in [5.41, 5.74) is 17.6. The fraction of sp³-hybridized carbons (Fsp3) is 0.452. The smallest absolute Gasteiger partial charge is 0.127 e. The lowest BCUT2D eigenvalue weighted by Gasteiger charge is -2.33. The molecule has 2 aromatic rings. The third-order valence-electron chi connectivity index (χ3n) is 7.09. The molecule has 0 amide bonds. The van der Waals surface area contributed by atoms with Crippen LogP contribution in [0.25, 0.3) is 11.3 Å². The highest BCUT2D eigenvalue weighted by molar-refractivity contribution is 5.96. The molecular weight excluding hydrogens is 447 g/mol. The summed E-state index contributed by atoms with van der Waals surface area (Å²) >= 11 is 0. The Labute approximate surface area is 217 Å². The highest BCUT2D eigenvalue weighted by Gasteiger charge is 2.20. The van der Waals surface area contributed by atoms with Gasteiger partial charge in [-0.1, -0.05) is 49.4 Å². The molecular formula is C31H43FN4. The van der Waals surface area contributed by atoms with Crippen LogP contribution in [0.4, 0.5) is 4.39 Å². The van der Waals surface area contributed by atoms with Crippen LogP contribution < -0.4 is 11.5 Å². The molecule has 0 aliphatic carbocycles. The van der Waals surface area contributed by atoms with Crippen molar-refractivity contribution in [3.05, 3.63) is 83.2 Å². The largest absolute Gasteiger partial charge is 0.360 e. The van der Waals surface area contributed by atoms with E-state index in [0.717, 1.165) is 86.3 Å². The predicted octanol–water partition coefficient (Wildman–Crippen LogP) is 6.35. The Kier molecular flexibility index (Phi) is 10.9. The third kappa shape index (κ3) is 7.62. The van der Waals surface area contributed by atoms with Crippen LogP contribution in [0.3, 0.4) is 0 Å². The molecule has 0 bridgehead atoms. The normalized spacial score (nSPS) is 15.7. The summed E-state index contributed by atoms with van der Waals surface area (Å²) in [6.45, 7) is 10.3. The molecule has 0 spiro atoms. The van der Waals surface area contributed by atoms with E-state index in [1.54, 1.807) is 6.07 Å². The van der Waals surface area contributed by atoms with E-state index in [1.807, 2.05) is 18.2 Å². The van der Waals surface area contributed by atoms with Crippen LogP contribution >= 0.6 is 0 Å². The van der Waals surface area contributed by atoms with E-state index in [1.165, 1.54) is 5.56 Å². The lowest BCUT2D eigenvalue weighted by Crippen LogP contribution is -2.42. The maximum Gasteiger partial charge on any atom is 0.127 e. The van der Waals surface area contributed by atoms with E-state index < -0.39 is 0 Å². The van der Waals surface area contributed by atoms with Gasteiger partial charge in [0.25, 0.3) is 0 Å². The van der Waals surface area contributed by atoms with Crippen LogP contribution in [0.5, 0.6) is 0 Å². The molecule has 0 unspecified atom stereocenters. The van der Waals surface area contributed by atoms with Gasteiger partial charge in [0, 0.05) is 31.1 Å². The minimum absolute atomic E-state index is 0.226. The maximum absolute atomic E-state index is 15.0. The van der Waals surface area contributed by atoms with Crippen molar-refractivity contribution in [2.75, 3.05) is 19.6 Å². The number of aliphatic imine (C=N–C) groups is 1. The average molecular weight is 491 g/mol. The molecule has 1 aliphatic heterocycles. The first-order valence-corrected chi connectivity index (χ1v) is 13.4. The number of piperidine rings is 1. The maximum atomic E-state index is 15.0. The van der Waals surface area contributed by atoms with Gasteiger partial charge in [0.15, 0.2) is 0 Å². The van der Waals surface area contributed by atoms with Crippen LogP contribution in [-0.4, -0.2) is 36.4 Å². The molecule has 4 N–H and O–H groups in total. The number of nitrogens with two attached hydrogens (primary N) is 2. The van der Waals surface area contributed by atoms with Crippen molar-refractivity contribution in [2.45, 2.75) is 71.3 Å². The number of unbranched alkanes of at least 4 members (excludes halogenated alkanes) is 2. The van der Waals surface area contributed by atoms with Crippen molar-refractivity contribution in [3.8, 4) is 0 Å². The Bertz CT molecular complexity index is 1050. The molecule has 1 aliphatic rings. The zero-order valence-corrected chi connectivity index (χ0v) is 22.1. The van der Waals surface area contributed by atoms with Crippen LogP contribution in [0.15, 0.2) is 60.1 Å². The Balaban J connectivity index is 2.08. The second-order valence-electron chi connectivity index (χ2n) is 9.76. The first-order valence-electron chi connectivity index (χ1n) is 13.4. The zero-order chi connectivity index (χ0) is 25.9. The molecule has 0 saturated carbocycles. The van der Waals surface area contributed by atoms with Gasteiger partial charge >= 0.3 is 0 Å². The molecule has 5 heteroatoms. The topological polar surface area (TPSA) is 67.6 Å². The number of nitrogens with zero attached hydrogens (tertiary/aromatic N) is 2. The van der Waals surface area contributed by atoms with Gasteiger partial charge in [0.05, 0.1) is 5.70 Å². The number of rotatable bonds is 11. The molecule has 36 heavy (non-hydrogen) atoms. The van der Waals surface area contributed by atoms with Gasteiger partial charge < -0.3 is 16.4 Å². The van der Waals surface area contributed by atoms with E-state index in [9.17, 15) is 0 Å². The highest BCUT2D eigenvalue weighted by atomic mass is 19.1. The number of halogens is 1. The van der Waals surface area contributed by atoms with Gasteiger partial charge in [-0.25, -0.2) is 9.38 Å². The van der Waals surface area contributed by atoms with Gasteiger partial charge in [-0.3, -0.25) is 0 Å². The van der Waals surface area contributed by atoms with E-state index in [4.69, 9.17) is 16.5 Å². The zero-order valence-electron chi connectivity index (χ0n) is 22.1. The Hall–Kier alpha value is -2.76. The van der Waals surface area contributed by atoms with Crippen molar-refractivity contribution in [1.29, 1.82) is 0 Å². The van der Waals surface area contributed by atoms with Crippen molar-refractivity contribution in [2.24, 2.45) is 16.5 Å². The summed E-state index contributed by atoms with van der Waals surface area (Å²) in [6, 6.07) is 14.3. The summed E-state index contributed by atoms with van der Waals surface area (Å²) < 4.78 is 15.0. The molecule has 194 valence electrons. The van der Waals surface area contributed by atoms with E-state index in [-0.39, 0.29) is 11.9 Å². The van der Waals surface area contributed by atoms with Crippen molar-refractivity contribution in [3.63, 3.8) is 0 Å². The van der Waals surface area contributed by atoms with E-state index in [2.05, 4.69) is 49.6 Å². The molecule has 0 atom stereocenters. The SMILES string of the molecule is C=CCCCC/C(=N\C(=C(/C)c1ccc(CC)cc1)c1ccc(CCN)c(F)c1)N1CCC(N)CC1. The predicted molar refractivity (Wildman–Crippen MR) is 152 cm³/mol. The number of allylic oxidation sites excluding steroid dienone is 2. The number of hydrogen-bond acceptors (Lipinski definition) is 3. The average Bonchev–Trinajstić information content (AvgIpc) is 2.90. The van der Waals surface area contributed by atoms with Gasteiger partial charge in [-0.05, 0) is 86.7 Å². The Morgan fingerprint density at radius 2 is 1.81 bits per heavy atom. The molecule has 2 aromatic carbocycles. The van der Waals surface area contributed by atoms with Crippen LogP contribution in [0, 0.1) is 5.82 Å². The molecule has 0 radical (unpaired) electrons. The minimum atomic E-state index is -0.226. The number of amidine groups is 1. The Morgan fingerprint density at radius 3 is 2.42 bits per heavy atom. The molecule has 1 saturated heterocycles. The molecule has 3 rings (SSSR count). The number of hydrogen-bond donors (Lipinski definition) is 2. The number of likely N-dealkylation sites (tertiary alicyclic amines) is 1. The lowest BCUT2D eigenvalue weighted by molar-refractivity contribution is 0.308. The minimum Gasteiger partial charge on any atom is -0.360 e. The van der Waals surface area contributed by atoms with Crippen LogP contribution in [-0.2, 0) is 12.8 Å². The van der Waals surface area contributed by atoms with Gasteiger partial charge in [-0.15, -0.1) is 6.58 Å². The second kappa shape index (κ2) is 14.1. The first kappa shape index (κ1) is 27.8. The van der Waals surface area contributed by atoms with Crippen LogP contribution in [0.2, 0.25) is 0 Å².